The average molecular weight is 215 g/mol. The van der Waals surface area contributed by atoms with Gasteiger partial charge in [0.1, 0.15) is 18.3 Å². The van der Waals surface area contributed by atoms with Crippen LogP contribution in [0.15, 0.2) is 5.11 Å². The first-order valence-corrected chi connectivity index (χ1v) is 4.67. The number of ether oxygens (including phenoxy) is 1. The molecule has 1 aliphatic rings. The second kappa shape index (κ2) is 5.09. The molecule has 15 heavy (non-hydrogen) atoms. The van der Waals surface area contributed by atoms with Gasteiger partial charge in [-0.2, -0.15) is 0 Å². The molecule has 7 nitrogen and oxygen atoms in total. The molecule has 1 rings (SSSR count). The Morgan fingerprint density at radius 1 is 1.53 bits per heavy atom. The molecule has 0 aromatic heterocycles. The van der Waals surface area contributed by atoms with Crippen molar-refractivity contribution in [1.82, 2.24) is 0 Å². The molecule has 0 aromatic rings. The van der Waals surface area contributed by atoms with Gasteiger partial charge in [-0.25, -0.2) is 0 Å². The number of ketones is 1. The third-order valence-corrected chi connectivity index (χ3v) is 2.35. The first-order chi connectivity index (χ1) is 7.11. The molecule has 84 valence electrons. The second-order valence-electron chi connectivity index (χ2n) is 3.31. The van der Waals surface area contributed by atoms with Crippen LogP contribution in [-0.2, 0) is 9.53 Å². The van der Waals surface area contributed by atoms with E-state index in [2.05, 4.69) is 10.0 Å². The number of Topliss-reactive ketones (excluding diaryl/α,β-unsaturated/α-hetero) is 1. The maximum Gasteiger partial charge on any atom is 0.164 e. The molecule has 1 saturated heterocycles. The van der Waals surface area contributed by atoms with Crippen molar-refractivity contribution < 1.29 is 19.7 Å². The zero-order valence-corrected chi connectivity index (χ0v) is 8.28. The van der Waals surface area contributed by atoms with Crippen molar-refractivity contribution in [2.75, 3.05) is 6.54 Å². The molecule has 0 saturated carbocycles. The van der Waals surface area contributed by atoms with E-state index < -0.39 is 24.4 Å². The van der Waals surface area contributed by atoms with Gasteiger partial charge in [-0.05, 0) is 5.53 Å². The van der Waals surface area contributed by atoms with Crippen LogP contribution in [0.3, 0.4) is 0 Å². The van der Waals surface area contributed by atoms with E-state index in [4.69, 9.17) is 10.3 Å². The summed E-state index contributed by atoms with van der Waals surface area (Å²) in [6.45, 7) is 1.55. The summed E-state index contributed by atoms with van der Waals surface area (Å²) in [5, 5.41) is 22.2. The van der Waals surface area contributed by atoms with Gasteiger partial charge in [-0.15, -0.1) is 0 Å². The molecule has 2 N–H and O–H groups in total. The van der Waals surface area contributed by atoms with Gasteiger partial charge in [0, 0.05) is 11.3 Å². The second-order valence-corrected chi connectivity index (χ2v) is 3.31. The highest BCUT2D eigenvalue weighted by Gasteiger charge is 2.44. The lowest BCUT2D eigenvalue weighted by Gasteiger charge is -2.11. The molecule has 1 aliphatic heterocycles. The molecule has 0 spiro atoms. The minimum atomic E-state index is -1.24. The highest BCUT2D eigenvalue weighted by atomic mass is 16.5. The van der Waals surface area contributed by atoms with Crippen LogP contribution in [0.4, 0.5) is 0 Å². The van der Waals surface area contributed by atoms with Gasteiger partial charge in [0.15, 0.2) is 5.78 Å². The van der Waals surface area contributed by atoms with E-state index in [-0.39, 0.29) is 18.7 Å². The van der Waals surface area contributed by atoms with Crippen molar-refractivity contribution in [1.29, 1.82) is 0 Å². The lowest BCUT2D eigenvalue weighted by molar-refractivity contribution is -0.132. The molecule has 0 bridgehead atoms. The first-order valence-electron chi connectivity index (χ1n) is 4.67. The standard InChI is InChI=1S/C8H13N3O4/c1-2-4(12)8-7(14)6(13)5(15-8)3-10-11-9/h5-8,13-14H,2-3H2,1H3/t5-,6-,7-,8+/m1/s1. The summed E-state index contributed by atoms with van der Waals surface area (Å²) in [5.74, 6) is -0.273. The minimum Gasteiger partial charge on any atom is -0.388 e. The third kappa shape index (κ3) is 2.45. The van der Waals surface area contributed by atoms with Crippen molar-refractivity contribution in [3.05, 3.63) is 10.4 Å². The Morgan fingerprint density at radius 3 is 2.73 bits per heavy atom. The maximum absolute atomic E-state index is 11.3. The number of aliphatic hydroxyl groups is 2. The predicted octanol–water partition coefficient (Wildman–Crippen LogP) is -0.235. The topological polar surface area (TPSA) is 116 Å². The van der Waals surface area contributed by atoms with Gasteiger partial charge in [-0.3, -0.25) is 4.79 Å². The Bertz CT molecular complexity index is 290. The predicted molar refractivity (Wildman–Crippen MR) is 50.0 cm³/mol. The molecule has 0 radical (unpaired) electrons. The van der Waals surface area contributed by atoms with Gasteiger partial charge in [0.25, 0.3) is 0 Å². The SMILES string of the molecule is CCC(=O)[C@@H]1O[C@H](CN=[N+]=[N-])[C@@H](O)[C@H]1O. The Kier molecular flexibility index (Phi) is 4.05. The summed E-state index contributed by atoms with van der Waals surface area (Å²) in [5.41, 5.74) is 8.09. The molecule has 0 aromatic carbocycles. The van der Waals surface area contributed by atoms with E-state index in [0.717, 1.165) is 0 Å². The summed E-state index contributed by atoms with van der Waals surface area (Å²) < 4.78 is 5.13. The summed E-state index contributed by atoms with van der Waals surface area (Å²) >= 11 is 0. The van der Waals surface area contributed by atoms with E-state index >= 15 is 0 Å². The van der Waals surface area contributed by atoms with Gasteiger partial charge < -0.3 is 14.9 Å². The van der Waals surface area contributed by atoms with E-state index in [1.165, 1.54) is 0 Å². The van der Waals surface area contributed by atoms with Crippen LogP contribution >= 0.6 is 0 Å². The molecule has 7 heteroatoms. The van der Waals surface area contributed by atoms with Gasteiger partial charge in [-0.1, -0.05) is 12.0 Å². The maximum atomic E-state index is 11.3. The Labute approximate surface area is 86.3 Å². The number of aliphatic hydroxyl groups excluding tert-OH is 2. The van der Waals surface area contributed by atoms with Crippen LogP contribution in [-0.4, -0.2) is 47.0 Å². The Balaban J connectivity index is 2.66. The van der Waals surface area contributed by atoms with Crippen LogP contribution in [0, 0.1) is 0 Å². The van der Waals surface area contributed by atoms with Crippen LogP contribution in [0.5, 0.6) is 0 Å². The van der Waals surface area contributed by atoms with E-state index in [0.29, 0.717) is 0 Å². The number of hydrogen-bond acceptors (Lipinski definition) is 5. The Morgan fingerprint density at radius 2 is 2.20 bits per heavy atom. The number of carbonyl (C=O) groups excluding carboxylic acids is 1. The van der Waals surface area contributed by atoms with Crippen molar-refractivity contribution in [2.45, 2.75) is 37.8 Å². The summed E-state index contributed by atoms with van der Waals surface area (Å²) in [6, 6.07) is 0. The average Bonchev–Trinajstić information content (AvgIpc) is 2.53. The largest absolute Gasteiger partial charge is 0.388 e. The lowest BCUT2D eigenvalue weighted by Crippen LogP contribution is -2.36. The number of rotatable bonds is 4. The first kappa shape index (κ1) is 11.9. The molecule has 4 atom stereocenters. The smallest absolute Gasteiger partial charge is 0.164 e. The Hall–Kier alpha value is -1.14. The monoisotopic (exact) mass is 215 g/mol. The zero-order valence-electron chi connectivity index (χ0n) is 8.28. The highest BCUT2D eigenvalue weighted by molar-refractivity contribution is 5.83. The van der Waals surface area contributed by atoms with Crippen LogP contribution < -0.4 is 0 Å². The molecule has 0 aliphatic carbocycles. The van der Waals surface area contributed by atoms with E-state index in [9.17, 15) is 15.0 Å². The van der Waals surface area contributed by atoms with Gasteiger partial charge >= 0.3 is 0 Å². The van der Waals surface area contributed by atoms with Crippen LogP contribution in [0.25, 0.3) is 10.4 Å². The molecule has 0 unspecified atom stereocenters. The normalized spacial score (nSPS) is 34.9. The highest BCUT2D eigenvalue weighted by Crippen LogP contribution is 2.23. The van der Waals surface area contributed by atoms with Crippen molar-refractivity contribution in [2.24, 2.45) is 5.11 Å². The summed E-state index contributed by atoms with van der Waals surface area (Å²) in [4.78, 5) is 13.8. The fourth-order valence-electron chi connectivity index (χ4n) is 1.48. The summed E-state index contributed by atoms with van der Waals surface area (Å²) in [7, 11) is 0. The van der Waals surface area contributed by atoms with Crippen molar-refractivity contribution in [3.8, 4) is 0 Å². The molecule has 1 fully saturated rings. The number of azide groups is 1. The number of nitrogens with zero attached hydrogens (tertiary/aromatic N) is 3. The molecule has 1 heterocycles. The van der Waals surface area contributed by atoms with Gasteiger partial charge in [0.2, 0.25) is 0 Å². The number of hydrogen-bond donors (Lipinski definition) is 2. The van der Waals surface area contributed by atoms with Crippen LogP contribution in [0.2, 0.25) is 0 Å². The van der Waals surface area contributed by atoms with E-state index in [1.807, 2.05) is 0 Å². The van der Waals surface area contributed by atoms with Crippen LogP contribution in [0.1, 0.15) is 13.3 Å². The third-order valence-electron chi connectivity index (χ3n) is 2.35. The molecule has 0 amide bonds. The van der Waals surface area contributed by atoms with Crippen molar-refractivity contribution in [3.63, 3.8) is 0 Å². The minimum absolute atomic E-state index is 0.0950. The zero-order chi connectivity index (χ0) is 11.4. The van der Waals surface area contributed by atoms with Gasteiger partial charge in [0.05, 0.1) is 12.6 Å². The quantitative estimate of drug-likeness (QED) is 0.382. The number of carbonyl (C=O) groups is 1. The molecular formula is C8H13N3O4. The fourth-order valence-corrected chi connectivity index (χ4v) is 1.48. The molecular weight excluding hydrogens is 202 g/mol. The lowest BCUT2D eigenvalue weighted by atomic mass is 10.0. The fraction of sp³-hybridized carbons (Fsp3) is 0.875. The van der Waals surface area contributed by atoms with Crippen molar-refractivity contribution >= 4 is 5.78 Å². The van der Waals surface area contributed by atoms with E-state index in [1.54, 1.807) is 6.92 Å². The summed E-state index contributed by atoms with van der Waals surface area (Å²) in [6.07, 6.45) is -4.02.